The van der Waals surface area contributed by atoms with Gasteiger partial charge >= 0.3 is 0 Å². The highest BCUT2D eigenvalue weighted by atomic mass is 79.9. The lowest BCUT2D eigenvalue weighted by Gasteiger charge is -2.15. The number of carbonyl (C=O) groups excluding carboxylic acids is 2. The first kappa shape index (κ1) is 28.4. The number of nitrogens with zero attached hydrogens (tertiary/aromatic N) is 2. The largest absolute Gasteiger partial charge is 0.490 e. The number of nitrogens with one attached hydrogen (secondary N) is 2. The van der Waals surface area contributed by atoms with Crippen LogP contribution in [0.1, 0.15) is 47.6 Å². The van der Waals surface area contributed by atoms with Crippen LogP contribution in [0.25, 0.3) is 0 Å². The Bertz CT molecular complexity index is 1380. The maximum absolute atomic E-state index is 12.2. The summed E-state index contributed by atoms with van der Waals surface area (Å²) in [7, 11) is 0. The molecule has 0 saturated carbocycles. The van der Waals surface area contributed by atoms with Gasteiger partial charge in [-0.25, -0.2) is 5.43 Å². The third-order valence-electron chi connectivity index (χ3n) is 5.70. The van der Waals surface area contributed by atoms with Crippen LogP contribution in [0, 0.1) is 25.2 Å². The number of anilines is 1. The fourth-order valence-corrected chi connectivity index (χ4v) is 4.11. The zero-order chi connectivity index (χ0) is 27.5. The van der Waals surface area contributed by atoms with Crippen molar-refractivity contribution in [2.24, 2.45) is 5.10 Å². The summed E-state index contributed by atoms with van der Waals surface area (Å²) in [6, 6.07) is 18.6. The van der Waals surface area contributed by atoms with E-state index in [-0.39, 0.29) is 31.3 Å². The van der Waals surface area contributed by atoms with Crippen molar-refractivity contribution >= 4 is 39.6 Å². The summed E-state index contributed by atoms with van der Waals surface area (Å²) in [6.45, 7) is 6.39. The second kappa shape index (κ2) is 14.0. The first-order valence-electron chi connectivity index (χ1n) is 12.1. The predicted molar refractivity (Wildman–Crippen MR) is 150 cm³/mol. The summed E-state index contributed by atoms with van der Waals surface area (Å²) in [5.41, 5.74) is 7.24. The van der Waals surface area contributed by atoms with Gasteiger partial charge in [-0.15, -0.1) is 0 Å². The van der Waals surface area contributed by atoms with Gasteiger partial charge in [0.05, 0.1) is 28.9 Å². The molecule has 3 aromatic carbocycles. The molecule has 0 bridgehead atoms. The van der Waals surface area contributed by atoms with Crippen molar-refractivity contribution in [1.82, 2.24) is 5.43 Å². The molecule has 0 spiro atoms. The maximum atomic E-state index is 12.2. The highest BCUT2D eigenvalue weighted by Crippen LogP contribution is 2.37. The molecular formula is C29H29BrN4O4. The number of carbonyl (C=O) groups is 2. The Balaban J connectivity index is 1.57. The van der Waals surface area contributed by atoms with Gasteiger partial charge in [0.15, 0.2) is 11.5 Å². The summed E-state index contributed by atoms with van der Waals surface area (Å²) in [6.07, 6.45) is 1.52. The summed E-state index contributed by atoms with van der Waals surface area (Å²) in [4.78, 5) is 24.4. The lowest BCUT2D eigenvalue weighted by Crippen LogP contribution is -2.21. The third-order valence-corrected chi connectivity index (χ3v) is 6.29. The molecule has 2 amide bonds. The number of hydrazone groups is 1. The first-order chi connectivity index (χ1) is 18.3. The predicted octanol–water partition coefficient (Wildman–Crippen LogP) is 5.78. The Hall–Kier alpha value is -4.16. The minimum Gasteiger partial charge on any atom is -0.490 e. The number of rotatable bonds is 11. The molecule has 9 heteroatoms. The SMILES string of the molecule is CCOc1cc(C=NNC(=O)CCC(=O)Nc2cccc(C)c2C)cc(Br)c1OCc1ccccc1C#N. The van der Waals surface area contributed by atoms with Crippen LogP contribution in [0.4, 0.5) is 5.69 Å². The molecule has 3 rings (SSSR count). The maximum Gasteiger partial charge on any atom is 0.240 e. The Morgan fingerprint density at radius 3 is 2.58 bits per heavy atom. The van der Waals surface area contributed by atoms with Crippen molar-refractivity contribution in [2.45, 2.75) is 40.2 Å². The second-order valence-electron chi connectivity index (χ2n) is 8.41. The third kappa shape index (κ3) is 7.92. The number of aryl methyl sites for hydroxylation is 1. The van der Waals surface area contributed by atoms with E-state index in [1.165, 1.54) is 6.21 Å². The van der Waals surface area contributed by atoms with Crippen LogP contribution >= 0.6 is 15.9 Å². The Labute approximate surface area is 230 Å². The van der Waals surface area contributed by atoms with Crippen LogP contribution in [0.5, 0.6) is 11.5 Å². The molecule has 0 fully saturated rings. The van der Waals surface area contributed by atoms with Crippen molar-refractivity contribution < 1.29 is 19.1 Å². The molecule has 3 aromatic rings. The molecule has 0 heterocycles. The van der Waals surface area contributed by atoms with Crippen LogP contribution in [0.3, 0.4) is 0 Å². The number of halogens is 1. The highest BCUT2D eigenvalue weighted by Gasteiger charge is 2.14. The zero-order valence-corrected chi connectivity index (χ0v) is 23.1. The average Bonchev–Trinajstić information content (AvgIpc) is 2.90. The van der Waals surface area contributed by atoms with Gasteiger partial charge in [-0.2, -0.15) is 10.4 Å². The van der Waals surface area contributed by atoms with E-state index < -0.39 is 0 Å². The van der Waals surface area contributed by atoms with Gasteiger partial charge in [0.1, 0.15) is 6.61 Å². The lowest BCUT2D eigenvalue weighted by atomic mass is 10.1. The van der Waals surface area contributed by atoms with Gasteiger partial charge in [-0.3, -0.25) is 9.59 Å². The fourth-order valence-electron chi connectivity index (χ4n) is 3.53. The molecule has 0 atom stereocenters. The Morgan fingerprint density at radius 1 is 1.05 bits per heavy atom. The fraction of sp³-hybridized carbons (Fsp3) is 0.241. The molecule has 0 radical (unpaired) electrons. The number of hydrogen-bond donors (Lipinski definition) is 2. The van der Waals surface area contributed by atoms with Crippen LogP contribution in [0.2, 0.25) is 0 Å². The van der Waals surface area contributed by atoms with Crippen LogP contribution in [0.15, 0.2) is 64.2 Å². The van der Waals surface area contributed by atoms with Gasteiger partial charge < -0.3 is 14.8 Å². The summed E-state index contributed by atoms with van der Waals surface area (Å²) >= 11 is 3.51. The summed E-state index contributed by atoms with van der Waals surface area (Å²) in [5.74, 6) is 0.372. The lowest BCUT2D eigenvalue weighted by molar-refractivity contribution is -0.124. The molecule has 38 heavy (non-hydrogen) atoms. The van der Waals surface area contributed by atoms with Gasteiger partial charge in [-0.1, -0.05) is 30.3 Å². The van der Waals surface area contributed by atoms with Crippen molar-refractivity contribution in [1.29, 1.82) is 5.26 Å². The normalized spacial score (nSPS) is 10.6. The quantitative estimate of drug-likeness (QED) is 0.222. The molecule has 0 aliphatic carbocycles. The molecule has 0 aliphatic rings. The summed E-state index contributed by atoms with van der Waals surface area (Å²) < 4.78 is 12.4. The molecule has 8 nitrogen and oxygen atoms in total. The Morgan fingerprint density at radius 2 is 1.82 bits per heavy atom. The topological polar surface area (TPSA) is 113 Å². The van der Waals surface area contributed by atoms with E-state index >= 15 is 0 Å². The molecule has 0 aromatic heterocycles. The number of ether oxygens (including phenoxy) is 2. The van der Waals surface area contributed by atoms with Crippen molar-refractivity contribution in [3.8, 4) is 17.6 Å². The minimum atomic E-state index is -0.377. The van der Waals surface area contributed by atoms with E-state index in [0.29, 0.717) is 33.7 Å². The van der Waals surface area contributed by atoms with Crippen LogP contribution in [-0.4, -0.2) is 24.6 Å². The molecule has 2 N–H and O–H groups in total. The molecular weight excluding hydrogens is 548 g/mol. The first-order valence-corrected chi connectivity index (χ1v) is 12.9. The molecule has 196 valence electrons. The van der Waals surface area contributed by atoms with Crippen molar-refractivity contribution in [3.63, 3.8) is 0 Å². The van der Waals surface area contributed by atoms with E-state index in [4.69, 9.17) is 9.47 Å². The van der Waals surface area contributed by atoms with Crippen molar-refractivity contribution in [2.75, 3.05) is 11.9 Å². The molecule has 0 aliphatic heterocycles. The summed E-state index contributed by atoms with van der Waals surface area (Å²) in [5, 5.41) is 16.2. The smallest absolute Gasteiger partial charge is 0.240 e. The van der Waals surface area contributed by atoms with Gasteiger partial charge in [-0.05, 0) is 77.7 Å². The molecule has 0 saturated heterocycles. The van der Waals surface area contributed by atoms with Gasteiger partial charge in [0, 0.05) is 24.1 Å². The van der Waals surface area contributed by atoms with E-state index in [2.05, 4.69) is 37.8 Å². The second-order valence-corrected chi connectivity index (χ2v) is 9.26. The van der Waals surface area contributed by atoms with Gasteiger partial charge in [0.2, 0.25) is 11.8 Å². The minimum absolute atomic E-state index is 0.00112. The van der Waals surface area contributed by atoms with E-state index in [1.54, 1.807) is 24.3 Å². The van der Waals surface area contributed by atoms with Crippen LogP contribution < -0.4 is 20.2 Å². The molecule has 0 unspecified atom stereocenters. The van der Waals surface area contributed by atoms with E-state index in [0.717, 1.165) is 22.4 Å². The van der Waals surface area contributed by atoms with Crippen molar-refractivity contribution in [3.05, 3.63) is 86.9 Å². The zero-order valence-electron chi connectivity index (χ0n) is 21.5. The van der Waals surface area contributed by atoms with Crippen LogP contribution in [-0.2, 0) is 16.2 Å². The number of benzene rings is 3. The number of nitriles is 1. The Kier molecular flexibility index (Phi) is 10.4. The number of amides is 2. The van der Waals surface area contributed by atoms with E-state index in [1.807, 2.05) is 51.1 Å². The average molecular weight is 577 g/mol. The highest BCUT2D eigenvalue weighted by molar-refractivity contribution is 9.10. The monoisotopic (exact) mass is 576 g/mol. The van der Waals surface area contributed by atoms with Gasteiger partial charge in [0.25, 0.3) is 0 Å². The standard InChI is InChI=1S/C29H29BrN4O4/c1-4-37-26-15-21(14-24(30)29(26)38-18-23-10-6-5-9-22(23)16-31)17-32-34-28(36)13-12-27(35)33-25-11-7-8-19(2)20(25)3/h5-11,14-15,17H,4,12-13,18H2,1-3H3,(H,33,35)(H,34,36). The number of hydrogen-bond acceptors (Lipinski definition) is 6. The van der Waals surface area contributed by atoms with E-state index in [9.17, 15) is 14.9 Å².